The third-order valence-electron chi connectivity index (χ3n) is 5.77. The molecule has 1 aliphatic heterocycles. The molecule has 1 aliphatic rings. The molecule has 4 aromatic rings. The van der Waals surface area contributed by atoms with E-state index in [0.717, 1.165) is 25.3 Å². The smallest absolute Gasteiger partial charge is 0.240 e. The largest absolute Gasteiger partial charge is 0.472 e. The molecule has 1 aromatic carbocycles. The van der Waals surface area contributed by atoms with Crippen LogP contribution in [0.5, 0.6) is 5.88 Å². The van der Waals surface area contributed by atoms with E-state index >= 15 is 0 Å². The zero-order valence-corrected chi connectivity index (χ0v) is 20.2. The molecule has 35 heavy (non-hydrogen) atoms. The van der Waals surface area contributed by atoms with Gasteiger partial charge in [-0.05, 0) is 24.6 Å². The van der Waals surface area contributed by atoms with Crippen LogP contribution in [0.1, 0.15) is 37.9 Å². The molecule has 0 spiro atoms. The molecule has 0 N–H and O–H groups in total. The SMILES string of the molecule is CC(C)c1noc(CN2CCC(Oc3ncnc4c3cnn4-c3ccc(S(C)(=O)=O)cc3F)C2)n1. The number of fused-ring (bicyclic) bond motifs is 1. The lowest BCUT2D eigenvalue weighted by molar-refractivity contribution is 0.186. The molecule has 4 heterocycles. The fourth-order valence-corrected chi connectivity index (χ4v) is 4.57. The molecule has 0 aliphatic carbocycles. The fourth-order valence-electron chi connectivity index (χ4n) is 3.94. The van der Waals surface area contributed by atoms with E-state index in [4.69, 9.17) is 9.26 Å². The second-order valence-corrected chi connectivity index (χ2v) is 10.8. The van der Waals surface area contributed by atoms with Crippen LogP contribution in [0.2, 0.25) is 0 Å². The van der Waals surface area contributed by atoms with Crippen molar-refractivity contribution in [3.63, 3.8) is 0 Å². The van der Waals surface area contributed by atoms with Crippen molar-refractivity contribution in [1.29, 1.82) is 0 Å². The van der Waals surface area contributed by atoms with E-state index in [2.05, 4.69) is 30.1 Å². The monoisotopic (exact) mass is 501 g/mol. The Morgan fingerprint density at radius 1 is 1.29 bits per heavy atom. The van der Waals surface area contributed by atoms with Gasteiger partial charge < -0.3 is 9.26 Å². The average Bonchev–Trinajstić information content (AvgIpc) is 3.54. The number of sulfone groups is 1. The van der Waals surface area contributed by atoms with E-state index in [-0.39, 0.29) is 22.6 Å². The van der Waals surface area contributed by atoms with Crippen LogP contribution in [-0.4, -0.2) is 68.7 Å². The Bertz CT molecular complexity index is 1480. The van der Waals surface area contributed by atoms with Gasteiger partial charge in [-0.15, -0.1) is 0 Å². The van der Waals surface area contributed by atoms with Crippen LogP contribution in [0.25, 0.3) is 16.7 Å². The lowest BCUT2D eigenvalue weighted by Gasteiger charge is -2.15. The molecular weight excluding hydrogens is 477 g/mol. The van der Waals surface area contributed by atoms with E-state index in [1.165, 1.54) is 29.3 Å². The van der Waals surface area contributed by atoms with Crippen LogP contribution in [-0.2, 0) is 16.4 Å². The molecule has 1 unspecified atom stereocenters. The average molecular weight is 502 g/mol. The minimum Gasteiger partial charge on any atom is -0.472 e. The van der Waals surface area contributed by atoms with Crippen LogP contribution in [0, 0.1) is 5.82 Å². The summed E-state index contributed by atoms with van der Waals surface area (Å²) in [6, 6.07) is 3.66. The summed E-state index contributed by atoms with van der Waals surface area (Å²) < 4.78 is 51.0. The molecule has 0 radical (unpaired) electrons. The van der Waals surface area contributed by atoms with Gasteiger partial charge in [0.05, 0.1) is 17.6 Å². The lowest BCUT2D eigenvalue weighted by Crippen LogP contribution is -2.25. The Hall–Kier alpha value is -3.45. The van der Waals surface area contributed by atoms with Crippen LogP contribution < -0.4 is 4.74 Å². The fraction of sp³-hybridized carbons (Fsp3) is 0.409. The standard InChI is InChI=1S/C22H24FN7O4S/c1-13(2)20-27-19(34-28-20)11-29-7-6-14(10-29)33-22-16-9-26-30(21(16)24-12-25-22)18-5-4-15(8-17(18)23)35(3,31)32/h4-5,8-9,12-14H,6-7,10-11H2,1-3H3. The maximum Gasteiger partial charge on any atom is 0.240 e. The second kappa shape index (κ2) is 8.96. The lowest BCUT2D eigenvalue weighted by atomic mass is 10.2. The van der Waals surface area contributed by atoms with Gasteiger partial charge in [0.2, 0.25) is 11.8 Å². The Labute approximate surface area is 200 Å². The van der Waals surface area contributed by atoms with Gasteiger partial charge in [0.15, 0.2) is 21.3 Å². The maximum atomic E-state index is 14.7. The number of halogens is 1. The zero-order chi connectivity index (χ0) is 24.7. The van der Waals surface area contributed by atoms with Gasteiger partial charge in [0.25, 0.3) is 0 Å². The molecular formula is C22H24FN7O4S. The highest BCUT2D eigenvalue weighted by atomic mass is 32.2. The summed E-state index contributed by atoms with van der Waals surface area (Å²) in [6.45, 7) is 6.02. The predicted molar refractivity (Wildman–Crippen MR) is 122 cm³/mol. The van der Waals surface area contributed by atoms with Crippen LogP contribution in [0.15, 0.2) is 40.1 Å². The van der Waals surface area contributed by atoms with Crippen molar-refractivity contribution in [2.45, 2.75) is 43.7 Å². The van der Waals surface area contributed by atoms with E-state index < -0.39 is 15.7 Å². The molecule has 1 fully saturated rings. The molecule has 1 saturated heterocycles. The molecule has 184 valence electrons. The Morgan fingerprint density at radius 3 is 2.83 bits per heavy atom. The number of ether oxygens (including phenoxy) is 1. The third kappa shape index (κ3) is 4.73. The quantitative estimate of drug-likeness (QED) is 0.372. The van der Waals surface area contributed by atoms with Gasteiger partial charge in [0.1, 0.15) is 29.3 Å². The van der Waals surface area contributed by atoms with Gasteiger partial charge >= 0.3 is 0 Å². The molecule has 1 atom stereocenters. The first kappa shape index (κ1) is 23.3. The van der Waals surface area contributed by atoms with Gasteiger partial charge in [-0.2, -0.15) is 10.1 Å². The number of hydrogen-bond donors (Lipinski definition) is 0. The van der Waals surface area contributed by atoms with E-state index in [9.17, 15) is 12.8 Å². The Balaban J connectivity index is 1.33. The van der Waals surface area contributed by atoms with Crippen LogP contribution >= 0.6 is 0 Å². The topological polar surface area (TPSA) is 129 Å². The summed E-state index contributed by atoms with van der Waals surface area (Å²) >= 11 is 0. The van der Waals surface area contributed by atoms with Gasteiger partial charge in [-0.25, -0.2) is 27.5 Å². The van der Waals surface area contributed by atoms with Crippen LogP contribution in [0.4, 0.5) is 4.39 Å². The van der Waals surface area contributed by atoms with Crippen LogP contribution in [0.3, 0.4) is 0 Å². The van der Waals surface area contributed by atoms with E-state index in [1.54, 1.807) is 0 Å². The molecule has 0 bridgehead atoms. The van der Waals surface area contributed by atoms with Crippen molar-refractivity contribution in [2.24, 2.45) is 0 Å². The van der Waals surface area contributed by atoms with Gasteiger partial charge in [-0.3, -0.25) is 4.90 Å². The molecule has 3 aromatic heterocycles. The highest BCUT2D eigenvalue weighted by molar-refractivity contribution is 7.90. The van der Waals surface area contributed by atoms with Crippen molar-refractivity contribution < 1.29 is 22.1 Å². The predicted octanol–water partition coefficient (Wildman–Crippen LogP) is 2.52. The summed E-state index contributed by atoms with van der Waals surface area (Å²) in [7, 11) is -3.53. The molecule has 5 rings (SSSR count). The summed E-state index contributed by atoms with van der Waals surface area (Å²) in [5.74, 6) is 1.08. The number of rotatable bonds is 7. The van der Waals surface area contributed by atoms with Gasteiger partial charge in [-0.1, -0.05) is 19.0 Å². The van der Waals surface area contributed by atoms with Crippen molar-refractivity contribution >= 4 is 20.9 Å². The normalized spacial score (nSPS) is 17.0. The van der Waals surface area contributed by atoms with Gasteiger partial charge in [0, 0.05) is 25.3 Å². The summed E-state index contributed by atoms with van der Waals surface area (Å²) in [5, 5.41) is 8.77. The van der Waals surface area contributed by atoms with Crippen molar-refractivity contribution in [1.82, 2.24) is 34.8 Å². The molecule has 0 saturated carbocycles. The van der Waals surface area contributed by atoms with Crippen molar-refractivity contribution in [3.8, 4) is 11.6 Å². The van der Waals surface area contributed by atoms with Crippen molar-refractivity contribution in [3.05, 3.63) is 48.3 Å². The highest BCUT2D eigenvalue weighted by Crippen LogP contribution is 2.28. The Kier molecular flexibility index (Phi) is 5.97. The molecule has 0 amide bonds. The molecule has 11 nitrogen and oxygen atoms in total. The first-order valence-corrected chi connectivity index (χ1v) is 13.0. The second-order valence-electron chi connectivity index (χ2n) is 8.82. The first-order valence-electron chi connectivity index (χ1n) is 11.1. The minimum atomic E-state index is -3.53. The number of aromatic nitrogens is 6. The van der Waals surface area contributed by atoms with Crippen molar-refractivity contribution in [2.75, 3.05) is 19.3 Å². The third-order valence-corrected chi connectivity index (χ3v) is 6.88. The summed E-state index contributed by atoms with van der Waals surface area (Å²) in [6.07, 6.45) is 4.53. The summed E-state index contributed by atoms with van der Waals surface area (Å²) in [4.78, 5) is 15.0. The first-order chi connectivity index (χ1) is 16.7. The Morgan fingerprint density at radius 2 is 2.11 bits per heavy atom. The number of likely N-dealkylation sites (tertiary alicyclic amines) is 1. The van der Waals surface area contributed by atoms with E-state index in [0.29, 0.717) is 41.7 Å². The summed E-state index contributed by atoms with van der Waals surface area (Å²) in [5.41, 5.74) is 0.423. The number of benzene rings is 1. The van der Waals surface area contributed by atoms with E-state index in [1.807, 2.05) is 13.8 Å². The number of nitrogens with zero attached hydrogens (tertiary/aromatic N) is 7. The molecule has 13 heteroatoms. The maximum absolute atomic E-state index is 14.7. The minimum absolute atomic E-state index is 0.0735. The number of hydrogen-bond acceptors (Lipinski definition) is 10. The zero-order valence-electron chi connectivity index (χ0n) is 19.4. The highest BCUT2D eigenvalue weighted by Gasteiger charge is 2.27.